The summed E-state index contributed by atoms with van der Waals surface area (Å²) in [5.41, 5.74) is 4.60. The number of rotatable bonds is 9. The van der Waals surface area contributed by atoms with E-state index < -0.39 is 24.1 Å². The fourth-order valence-corrected chi connectivity index (χ4v) is 6.47. The van der Waals surface area contributed by atoms with Gasteiger partial charge in [0.25, 0.3) is 0 Å². The number of nitrogens with zero attached hydrogens (tertiary/aromatic N) is 1. The van der Waals surface area contributed by atoms with Crippen LogP contribution in [-0.2, 0) is 14.3 Å². The van der Waals surface area contributed by atoms with Crippen molar-refractivity contribution in [2.45, 2.75) is 62.9 Å². The fraction of sp³-hybridized carbons (Fsp3) is 0.444. The van der Waals surface area contributed by atoms with E-state index in [1.807, 2.05) is 38.1 Å². The second-order valence-corrected chi connectivity index (χ2v) is 10.2. The van der Waals surface area contributed by atoms with Gasteiger partial charge < -0.3 is 20.1 Å². The number of carbonyl (C=O) groups is 3. The smallest absolute Gasteiger partial charge is 0.407 e. The Morgan fingerprint density at radius 3 is 2.29 bits per heavy atom. The molecule has 0 spiro atoms. The quantitative estimate of drug-likeness (QED) is 0.515. The molecule has 35 heavy (non-hydrogen) atoms. The van der Waals surface area contributed by atoms with Crippen LogP contribution in [0, 0.1) is 0 Å². The van der Waals surface area contributed by atoms with Gasteiger partial charge in [0.05, 0.1) is 5.37 Å². The molecule has 2 unspecified atom stereocenters. The zero-order chi connectivity index (χ0) is 24.9. The van der Waals surface area contributed by atoms with Crippen LogP contribution in [0.25, 0.3) is 11.1 Å². The van der Waals surface area contributed by atoms with E-state index in [1.165, 1.54) is 16.7 Å². The van der Waals surface area contributed by atoms with Gasteiger partial charge >= 0.3 is 12.1 Å². The van der Waals surface area contributed by atoms with Crippen molar-refractivity contribution in [3.63, 3.8) is 0 Å². The van der Waals surface area contributed by atoms with Gasteiger partial charge in [-0.3, -0.25) is 4.79 Å². The summed E-state index contributed by atoms with van der Waals surface area (Å²) in [6, 6.07) is 15.1. The largest absolute Gasteiger partial charge is 0.480 e. The molecule has 1 aliphatic carbocycles. The van der Waals surface area contributed by atoms with Crippen molar-refractivity contribution < 1.29 is 24.2 Å². The molecule has 1 aliphatic heterocycles. The number of nitrogens with one attached hydrogen (secondary N) is 1. The number of hydrogen-bond donors (Lipinski definition) is 2. The third kappa shape index (κ3) is 5.32. The number of ether oxygens (including phenoxy) is 1. The first-order chi connectivity index (χ1) is 16.9. The molecule has 2 amide bonds. The average molecular weight is 497 g/mol. The Hall–Kier alpha value is -3.00. The minimum Gasteiger partial charge on any atom is -0.480 e. The summed E-state index contributed by atoms with van der Waals surface area (Å²) < 4.78 is 5.65. The Kier molecular flexibility index (Phi) is 8.00. The van der Waals surface area contributed by atoms with Crippen LogP contribution in [0.15, 0.2) is 48.5 Å². The molecule has 7 nitrogen and oxygen atoms in total. The molecular formula is C27H32N2O5S. The molecule has 2 aliphatic rings. The van der Waals surface area contributed by atoms with Crippen molar-refractivity contribution in [1.82, 2.24) is 10.2 Å². The van der Waals surface area contributed by atoms with Gasteiger partial charge in [0.15, 0.2) is 0 Å². The summed E-state index contributed by atoms with van der Waals surface area (Å²) in [7, 11) is 0. The van der Waals surface area contributed by atoms with E-state index in [2.05, 4.69) is 29.6 Å². The van der Waals surface area contributed by atoms with Gasteiger partial charge in [-0.05, 0) is 35.1 Å². The zero-order valence-electron chi connectivity index (χ0n) is 20.1. The van der Waals surface area contributed by atoms with Gasteiger partial charge in [-0.1, -0.05) is 68.8 Å². The first kappa shape index (κ1) is 25.1. The van der Waals surface area contributed by atoms with Crippen molar-refractivity contribution in [3.05, 3.63) is 59.7 Å². The van der Waals surface area contributed by atoms with E-state index in [1.54, 1.807) is 0 Å². The van der Waals surface area contributed by atoms with Crippen LogP contribution in [0.2, 0.25) is 0 Å². The fourth-order valence-electron chi connectivity index (χ4n) is 5.10. The molecule has 0 aromatic heterocycles. The van der Waals surface area contributed by atoms with E-state index in [0.29, 0.717) is 18.6 Å². The number of hydrogen-bond acceptors (Lipinski definition) is 5. The SMILES string of the molecule is CCC[C@H](CC(=O)N1C(CC)SCC1C(=O)O)NC(=O)OCC1c2ccccc2-c2ccccc21. The number of amides is 2. The average Bonchev–Trinajstić information content (AvgIpc) is 3.42. The minimum absolute atomic E-state index is 0.0392. The minimum atomic E-state index is -0.988. The Bertz CT molecular complexity index is 1050. The number of thioether (sulfide) groups is 1. The third-order valence-electron chi connectivity index (χ3n) is 6.74. The maximum absolute atomic E-state index is 13.1. The van der Waals surface area contributed by atoms with E-state index in [0.717, 1.165) is 28.7 Å². The van der Waals surface area contributed by atoms with Crippen LogP contribution in [0.1, 0.15) is 56.6 Å². The zero-order valence-corrected chi connectivity index (χ0v) is 20.9. The number of fused-ring (bicyclic) bond motifs is 3. The number of carbonyl (C=O) groups excluding carboxylic acids is 2. The monoisotopic (exact) mass is 496 g/mol. The van der Waals surface area contributed by atoms with Gasteiger partial charge in [-0.15, -0.1) is 11.8 Å². The third-order valence-corrected chi connectivity index (χ3v) is 8.19. The highest BCUT2D eigenvalue weighted by Gasteiger charge is 2.41. The Morgan fingerprint density at radius 2 is 1.71 bits per heavy atom. The molecule has 0 bridgehead atoms. The highest BCUT2D eigenvalue weighted by molar-refractivity contribution is 8.00. The van der Waals surface area contributed by atoms with Crippen LogP contribution in [-0.4, -0.2) is 57.8 Å². The Labute approximate surface area is 210 Å². The number of aliphatic carboxylic acids is 1. The topological polar surface area (TPSA) is 95.9 Å². The molecule has 1 saturated heterocycles. The van der Waals surface area contributed by atoms with Gasteiger partial charge in [0.1, 0.15) is 12.6 Å². The van der Waals surface area contributed by atoms with Crippen molar-refractivity contribution in [1.29, 1.82) is 0 Å². The lowest BCUT2D eigenvalue weighted by molar-refractivity contribution is -0.149. The van der Waals surface area contributed by atoms with Crippen molar-refractivity contribution in [2.24, 2.45) is 0 Å². The van der Waals surface area contributed by atoms with Crippen LogP contribution in [0.3, 0.4) is 0 Å². The predicted octanol–water partition coefficient (Wildman–Crippen LogP) is 4.85. The molecule has 3 atom stereocenters. The molecule has 8 heteroatoms. The van der Waals surface area contributed by atoms with E-state index in [-0.39, 0.29) is 30.2 Å². The molecule has 2 aromatic carbocycles. The number of benzene rings is 2. The maximum atomic E-state index is 13.1. The lowest BCUT2D eigenvalue weighted by Crippen LogP contribution is -2.48. The van der Waals surface area contributed by atoms with Gasteiger partial charge in [-0.2, -0.15) is 0 Å². The second-order valence-electron chi connectivity index (χ2n) is 9.01. The standard InChI is InChI=1S/C27H32N2O5S/c1-3-9-17(14-24(30)29-23(26(31)32)16-35-25(29)4-2)28-27(33)34-15-22-20-12-7-5-10-18(20)19-11-6-8-13-21(19)22/h5-8,10-13,17,22-23,25H,3-4,9,14-16H2,1-2H3,(H,28,33)(H,31,32)/t17-,23?,25?/m1/s1. The van der Waals surface area contributed by atoms with Crippen molar-refractivity contribution >= 4 is 29.7 Å². The molecular weight excluding hydrogens is 464 g/mol. The Balaban J connectivity index is 1.39. The summed E-state index contributed by atoms with van der Waals surface area (Å²) in [6.45, 7) is 4.13. The van der Waals surface area contributed by atoms with Crippen LogP contribution >= 0.6 is 11.8 Å². The molecule has 0 saturated carbocycles. The molecule has 186 valence electrons. The van der Waals surface area contributed by atoms with E-state index >= 15 is 0 Å². The predicted molar refractivity (Wildman–Crippen MR) is 136 cm³/mol. The normalized spacial score (nSPS) is 19.7. The van der Waals surface area contributed by atoms with Gasteiger partial charge in [0, 0.05) is 24.1 Å². The molecule has 0 radical (unpaired) electrons. The summed E-state index contributed by atoms with van der Waals surface area (Å²) in [5.74, 6) is -0.884. The molecule has 4 rings (SSSR count). The maximum Gasteiger partial charge on any atom is 0.407 e. The van der Waals surface area contributed by atoms with Crippen molar-refractivity contribution in [3.8, 4) is 11.1 Å². The summed E-state index contributed by atoms with van der Waals surface area (Å²) in [5, 5.41) is 12.3. The van der Waals surface area contributed by atoms with Gasteiger partial charge in [-0.25, -0.2) is 9.59 Å². The van der Waals surface area contributed by atoms with Crippen molar-refractivity contribution in [2.75, 3.05) is 12.4 Å². The molecule has 2 aromatic rings. The first-order valence-corrected chi connectivity index (χ1v) is 13.3. The summed E-state index contributed by atoms with van der Waals surface area (Å²) in [6.07, 6.45) is 1.55. The first-order valence-electron chi connectivity index (χ1n) is 12.2. The molecule has 1 heterocycles. The van der Waals surface area contributed by atoms with E-state index in [9.17, 15) is 19.5 Å². The second kappa shape index (κ2) is 11.2. The lowest BCUT2D eigenvalue weighted by atomic mass is 9.98. The number of carboxylic acid groups (broad SMARTS) is 1. The highest BCUT2D eigenvalue weighted by atomic mass is 32.2. The molecule has 1 fully saturated rings. The number of carboxylic acids is 1. The summed E-state index contributed by atoms with van der Waals surface area (Å²) >= 11 is 1.49. The van der Waals surface area contributed by atoms with Gasteiger partial charge in [0.2, 0.25) is 5.91 Å². The van der Waals surface area contributed by atoms with Crippen LogP contribution < -0.4 is 5.32 Å². The number of alkyl carbamates (subject to hydrolysis) is 1. The highest BCUT2D eigenvalue weighted by Crippen LogP contribution is 2.44. The van der Waals surface area contributed by atoms with Crippen LogP contribution in [0.5, 0.6) is 0 Å². The van der Waals surface area contributed by atoms with Crippen LogP contribution in [0.4, 0.5) is 4.79 Å². The Morgan fingerprint density at radius 1 is 1.09 bits per heavy atom. The summed E-state index contributed by atoms with van der Waals surface area (Å²) in [4.78, 5) is 39.0. The lowest BCUT2D eigenvalue weighted by Gasteiger charge is -2.28. The molecule has 2 N–H and O–H groups in total. The van der Waals surface area contributed by atoms with E-state index in [4.69, 9.17) is 4.74 Å².